The first kappa shape index (κ1) is 18.8. The number of ether oxygens (including phenoxy) is 1. The van der Waals surface area contributed by atoms with Crippen LogP contribution in [0.5, 0.6) is 11.5 Å². The zero-order chi connectivity index (χ0) is 20.5. The van der Waals surface area contributed by atoms with Gasteiger partial charge in [-0.15, -0.1) is 21.5 Å². The fourth-order valence-electron chi connectivity index (χ4n) is 2.84. The van der Waals surface area contributed by atoms with Crippen LogP contribution in [0.3, 0.4) is 0 Å². The zero-order valence-electron chi connectivity index (χ0n) is 15.9. The van der Waals surface area contributed by atoms with Crippen molar-refractivity contribution in [1.82, 2.24) is 25.2 Å². The van der Waals surface area contributed by atoms with E-state index in [1.54, 1.807) is 20.0 Å². The first-order valence-electron chi connectivity index (χ1n) is 8.75. The lowest BCUT2D eigenvalue weighted by atomic mass is 10.1. The fourth-order valence-corrected chi connectivity index (χ4v) is 3.74. The van der Waals surface area contributed by atoms with Gasteiger partial charge in [0.25, 0.3) is 0 Å². The molecule has 29 heavy (non-hydrogen) atoms. The summed E-state index contributed by atoms with van der Waals surface area (Å²) in [6, 6.07) is 13.2. The Balaban J connectivity index is 1.80. The summed E-state index contributed by atoms with van der Waals surface area (Å²) in [5, 5.41) is 22.2. The van der Waals surface area contributed by atoms with Gasteiger partial charge in [0.05, 0.1) is 18.3 Å². The maximum atomic E-state index is 11.4. The monoisotopic (exact) mass is 407 g/mol. The average Bonchev–Trinajstić information content (AvgIpc) is 3.28. The lowest BCUT2D eigenvalue weighted by Gasteiger charge is -2.11. The van der Waals surface area contributed by atoms with Crippen molar-refractivity contribution in [2.24, 2.45) is 7.05 Å². The minimum Gasteiger partial charge on any atom is -0.477 e. The molecule has 2 aromatic heterocycles. The third-order valence-corrected chi connectivity index (χ3v) is 5.38. The standard InChI is InChI=1S/C20H17N5O3S/c1-11-5-4-6-14(9-11)28-16-8-7-13(10-15(16)18-22-24-25(3)23-18)19-21-12(2)17(29-19)20(26)27/h4-10H,1-3H3,(H,26,27). The number of aryl methyl sites for hydroxylation is 3. The molecule has 0 aliphatic rings. The van der Waals surface area contributed by atoms with Crippen molar-refractivity contribution in [1.29, 1.82) is 0 Å². The van der Waals surface area contributed by atoms with Gasteiger partial charge >= 0.3 is 5.97 Å². The van der Waals surface area contributed by atoms with E-state index in [9.17, 15) is 9.90 Å². The van der Waals surface area contributed by atoms with Crippen molar-refractivity contribution < 1.29 is 14.6 Å². The van der Waals surface area contributed by atoms with Crippen LogP contribution in [0.25, 0.3) is 22.0 Å². The van der Waals surface area contributed by atoms with Gasteiger partial charge < -0.3 is 9.84 Å². The Morgan fingerprint density at radius 3 is 2.66 bits per heavy atom. The van der Waals surface area contributed by atoms with Crippen molar-refractivity contribution in [3.05, 3.63) is 58.6 Å². The van der Waals surface area contributed by atoms with Crippen LogP contribution in [0.4, 0.5) is 0 Å². The molecule has 2 heterocycles. The quantitative estimate of drug-likeness (QED) is 0.531. The molecule has 0 unspecified atom stereocenters. The molecule has 0 atom stereocenters. The molecule has 146 valence electrons. The van der Waals surface area contributed by atoms with Crippen LogP contribution < -0.4 is 4.74 Å². The molecule has 0 amide bonds. The van der Waals surface area contributed by atoms with E-state index in [1.807, 2.05) is 43.3 Å². The Labute approximate surface area is 170 Å². The highest BCUT2D eigenvalue weighted by Crippen LogP contribution is 2.37. The van der Waals surface area contributed by atoms with Gasteiger partial charge in [0.1, 0.15) is 21.4 Å². The van der Waals surface area contributed by atoms with Crippen LogP contribution in [0.2, 0.25) is 0 Å². The number of tetrazole rings is 1. The molecular weight excluding hydrogens is 390 g/mol. The number of nitrogens with zero attached hydrogens (tertiary/aromatic N) is 5. The van der Waals surface area contributed by atoms with Crippen LogP contribution >= 0.6 is 11.3 Å². The average molecular weight is 407 g/mol. The summed E-state index contributed by atoms with van der Waals surface area (Å²) < 4.78 is 6.08. The maximum Gasteiger partial charge on any atom is 0.347 e. The third-order valence-electron chi connectivity index (χ3n) is 4.18. The summed E-state index contributed by atoms with van der Waals surface area (Å²) >= 11 is 1.13. The Bertz CT molecular complexity index is 1210. The van der Waals surface area contributed by atoms with Gasteiger partial charge in [-0.3, -0.25) is 0 Å². The van der Waals surface area contributed by atoms with Crippen molar-refractivity contribution in [3.8, 4) is 33.5 Å². The molecule has 2 aromatic carbocycles. The lowest BCUT2D eigenvalue weighted by molar-refractivity contribution is 0.0701. The topological polar surface area (TPSA) is 103 Å². The van der Waals surface area contributed by atoms with Gasteiger partial charge in [0, 0.05) is 5.56 Å². The summed E-state index contributed by atoms with van der Waals surface area (Å²) in [7, 11) is 1.69. The van der Waals surface area contributed by atoms with Gasteiger partial charge in [-0.05, 0) is 55.0 Å². The second-order valence-electron chi connectivity index (χ2n) is 6.47. The maximum absolute atomic E-state index is 11.4. The van der Waals surface area contributed by atoms with Gasteiger partial charge in [-0.2, -0.15) is 4.80 Å². The molecule has 0 aliphatic heterocycles. The predicted octanol–water partition coefficient (Wildman–Crippen LogP) is 4.11. The molecule has 0 aliphatic carbocycles. The summed E-state index contributed by atoms with van der Waals surface area (Å²) in [4.78, 5) is 17.4. The lowest BCUT2D eigenvalue weighted by Crippen LogP contribution is -1.94. The Morgan fingerprint density at radius 2 is 2.00 bits per heavy atom. The number of carboxylic acid groups (broad SMARTS) is 1. The van der Waals surface area contributed by atoms with E-state index < -0.39 is 5.97 Å². The van der Waals surface area contributed by atoms with Crippen LogP contribution in [0, 0.1) is 13.8 Å². The molecule has 4 rings (SSSR count). The van der Waals surface area contributed by atoms with Gasteiger partial charge in [0.15, 0.2) is 0 Å². The molecule has 0 saturated carbocycles. The highest BCUT2D eigenvalue weighted by atomic mass is 32.1. The number of rotatable bonds is 5. The molecule has 1 N–H and O–H groups in total. The number of hydrogen-bond acceptors (Lipinski definition) is 7. The van der Waals surface area contributed by atoms with Crippen LogP contribution in [0.1, 0.15) is 20.9 Å². The predicted molar refractivity (Wildman–Crippen MR) is 108 cm³/mol. The second-order valence-corrected chi connectivity index (χ2v) is 7.47. The molecule has 0 radical (unpaired) electrons. The Morgan fingerprint density at radius 1 is 1.17 bits per heavy atom. The molecule has 8 nitrogen and oxygen atoms in total. The fraction of sp³-hybridized carbons (Fsp3) is 0.150. The van der Waals surface area contributed by atoms with E-state index in [1.165, 1.54) is 4.80 Å². The summed E-state index contributed by atoms with van der Waals surface area (Å²) in [5.74, 6) is 0.686. The molecule has 0 fully saturated rings. The van der Waals surface area contributed by atoms with Crippen molar-refractivity contribution >= 4 is 17.3 Å². The number of hydrogen-bond donors (Lipinski definition) is 1. The van der Waals surface area contributed by atoms with Gasteiger partial charge in [-0.25, -0.2) is 9.78 Å². The SMILES string of the molecule is Cc1cccc(Oc2ccc(-c3nc(C)c(C(=O)O)s3)cc2-c2nnn(C)n2)c1. The Hall–Kier alpha value is -3.59. The number of aromatic nitrogens is 5. The minimum atomic E-state index is -0.985. The van der Waals surface area contributed by atoms with E-state index in [-0.39, 0.29) is 4.88 Å². The zero-order valence-corrected chi connectivity index (χ0v) is 16.8. The number of aromatic carboxylic acids is 1. The first-order valence-corrected chi connectivity index (χ1v) is 9.56. The van der Waals surface area contributed by atoms with E-state index >= 15 is 0 Å². The van der Waals surface area contributed by atoms with Crippen LogP contribution in [0.15, 0.2) is 42.5 Å². The third kappa shape index (κ3) is 3.85. The van der Waals surface area contributed by atoms with Crippen LogP contribution in [-0.4, -0.2) is 36.3 Å². The molecular formula is C20H17N5O3S. The van der Waals surface area contributed by atoms with Crippen molar-refractivity contribution in [2.45, 2.75) is 13.8 Å². The van der Waals surface area contributed by atoms with Gasteiger partial charge in [-0.1, -0.05) is 12.1 Å². The van der Waals surface area contributed by atoms with E-state index in [2.05, 4.69) is 20.4 Å². The van der Waals surface area contributed by atoms with Crippen LogP contribution in [-0.2, 0) is 7.05 Å². The highest BCUT2D eigenvalue weighted by molar-refractivity contribution is 7.17. The Kier molecular flexibility index (Phi) is 4.81. The second kappa shape index (κ2) is 7.44. The molecule has 4 aromatic rings. The normalized spacial score (nSPS) is 10.9. The largest absolute Gasteiger partial charge is 0.477 e. The number of benzene rings is 2. The smallest absolute Gasteiger partial charge is 0.347 e. The number of thiazole rings is 1. The molecule has 0 saturated heterocycles. The van der Waals surface area contributed by atoms with Gasteiger partial charge in [0.2, 0.25) is 5.82 Å². The highest BCUT2D eigenvalue weighted by Gasteiger charge is 2.18. The molecule has 0 spiro atoms. The molecule has 9 heteroatoms. The minimum absolute atomic E-state index is 0.222. The summed E-state index contributed by atoms with van der Waals surface area (Å²) in [6.45, 7) is 3.68. The summed E-state index contributed by atoms with van der Waals surface area (Å²) in [6.07, 6.45) is 0. The van der Waals surface area contributed by atoms with E-state index in [0.717, 1.165) is 22.5 Å². The first-order chi connectivity index (χ1) is 13.9. The van der Waals surface area contributed by atoms with E-state index in [0.29, 0.717) is 33.6 Å². The van der Waals surface area contributed by atoms with E-state index in [4.69, 9.17) is 4.74 Å². The summed E-state index contributed by atoms with van der Waals surface area (Å²) in [5.41, 5.74) is 2.96. The number of carboxylic acids is 1. The van der Waals surface area contributed by atoms with Crippen molar-refractivity contribution in [3.63, 3.8) is 0 Å². The number of carbonyl (C=O) groups is 1. The molecule has 0 bridgehead atoms. The van der Waals surface area contributed by atoms with Crippen molar-refractivity contribution in [2.75, 3.05) is 0 Å².